The van der Waals surface area contributed by atoms with Gasteiger partial charge in [0.2, 0.25) is 10.0 Å². The van der Waals surface area contributed by atoms with Crippen LogP contribution >= 0.6 is 0 Å². The molecule has 1 aliphatic heterocycles. The summed E-state index contributed by atoms with van der Waals surface area (Å²) in [6.45, 7) is 5.76. The predicted molar refractivity (Wildman–Crippen MR) is 78.5 cm³/mol. The van der Waals surface area contributed by atoms with E-state index >= 15 is 0 Å². The third-order valence-electron chi connectivity index (χ3n) is 3.96. The van der Waals surface area contributed by atoms with Crippen molar-refractivity contribution in [2.75, 3.05) is 18.8 Å². The molecular weight excluding hydrogens is 258 g/mol. The largest absolute Gasteiger partial charge is 0.214 e. The van der Waals surface area contributed by atoms with Crippen molar-refractivity contribution in [2.45, 2.75) is 33.1 Å². The molecule has 4 heteroatoms. The minimum atomic E-state index is -3.10. The smallest absolute Gasteiger partial charge is 0.212 e. The monoisotopic (exact) mass is 281 g/mol. The average Bonchev–Trinajstić information content (AvgIpc) is 2.37. The van der Waals surface area contributed by atoms with Crippen LogP contribution in [0.1, 0.15) is 32.3 Å². The third-order valence-corrected chi connectivity index (χ3v) is 5.83. The zero-order valence-corrected chi connectivity index (χ0v) is 12.6. The van der Waals surface area contributed by atoms with Crippen molar-refractivity contribution in [3.05, 3.63) is 35.9 Å². The van der Waals surface area contributed by atoms with E-state index in [1.807, 2.05) is 30.3 Å². The molecule has 0 N–H and O–H groups in total. The van der Waals surface area contributed by atoms with Crippen LogP contribution in [0.3, 0.4) is 0 Å². The van der Waals surface area contributed by atoms with E-state index in [1.165, 1.54) is 0 Å². The fourth-order valence-corrected chi connectivity index (χ4v) is 3.88. The number of aryl methyl sites for hydroxylation is 1. The molecule has 0 aromatic heterocycles. The maximum absolute atomic E-state index is 12.3. The first-order valence-electron chi connectivity index (χ1n) is 6.91. The molecular formula is C15H23NO2S. The SMILES string of the molecule is CC1(C)CCN(S(=O)(=O)CCc2ccccc2)CC1. The van der Waals surface area contributed by atoms with Crippen LogP contribution in [0.4, 0.5) is 0 Å². The molecule has 0 radical (unpaired) electrons. The van der Waals surface area contributed by atoms with Gasteiger partial charge in [-0.15, -0.1) is 0 Å². The van der Waals surface area contributed by atoms with E-state index in [4.69, 9.17) is 0 Å². The Labute approximate surface area is 116 Å². The van der Waals surface area contributed by atoms with E-state index < -0.39 is 10.0 Å². The summed E-state index contributed by atoms with van der Waals surface area (Å²) in [6.07, 6.45) is 2.51. The van der Waals surface area contributed by atoms with Crippen molar-refractivity contribution in [3.8, 4) is 0 Å². The molecule has 1 aromatic carbocycles. The molecule has 1 aliphatic rings. The van der Waals surface area contributed by atoms with Gasteiger partial charge in [-0.05, 0) is 30.2 Å². The Morgan fingerprint density at radius 1 is 1.11 bits per heavy atom. The van der Waals surface area contributed by atoms with Crippen LogP contribution in [0.25, 0.3) is 0 Å². The zero-order valence-electron chi connectivity index (χ0n) is 11.8. The molecule has 0 atom stereocenters. The number of piperidine rings is 1. The maximum Gasteiger partial charge on any atom is 0.214 e. The highest BCUT2D eigenvalue weighted by molar-refractivity contribution is 7.89. The Hall–Kier alpha value is -0.870. The van der Waals surface area contributed by atoms with Gasteiger partial charge in [0.25, 0.3) is 0 Å². The lowest BCUT2D eigenvalue weighted by Gasteiger charge is -2.36. The van der Waals surface area contributed by atoms with Crippen molar-refractivity contribution >= 4 is 10.0 Å². The van der Waals surface area contributed by atoms with Crippen molar-refractivity contribution in [1.82, 2.24) is 4.31 Å². The summed E-state index contributed by atoms with van der Waals surface area (Å²) < 4.78 is 26.3. The molecule has 3 nitrogen and oxygen atoms in total. The molecule has 2 rings (SSSR count). The number of nitrogens with zero attached hydrogens (tertiary/aromatic N) is 1. The Bertz CT molecular complexity index is 498. The van der Waals surface area contributed by atoms with Crippen LogP contribution < -0.4 is 0 Å². The first-order chi connectivity index (χ1) is 8.89. The van der Waals surface area contributed by atoms with E-state index in [2.05, 4.69) is 13.8 Å². The van der Waals surface area contributed by atoms with Crippen LogP contribution in [0.15, 0.2) is 30.3 Å². The van der Waals surface area contributed by atoms with Gasteiger partial charge in [0.15, 0.2) is 0 Å². The van der Waals surface area contributed by atoms with Gasteiger partial charge >= 0.3 is 0 Å². The molecule has 0 aliphatic carbocycles. The summed E-state index contributed by atoms with van der Waals surface area (Å²) in [5.74, 6) is 0.220. The van der Waals surface area contributed by atoms with E-state index in [0.717, 1.165) is 18.4 Å². The topological polar surface area (TPSA) is 37.4 Å². The lowest BCUT2D eigenvalue weighted by Crippen LogP contribution is -2.42. The van der Waals surface area contributed by atoms with Gasteiger partial charge in [0, 0.05) is 13.1 Å². The molecule has 1 fully saturated rings. The van der Waals surface area contributed by atoms with E-state index in [0.29, 0.717) is 19.5 Å². The minimum Gasteiger partial charge on any atom is -0.212 e. The van der Waals surface area contributed by atoms with Crippen LogP contribution in [0, 0.1) is 5.41 Å². The third kappa shape index (κ3) is 4.05. The highest BCUT2D eigenvalue weighted by Gasteiger charge is 2.31. The first-order valence-corrected chi connectivity index (χ1v) is 8.52. The van der Waals surface area contributed by atoms with E-state index in [1.54, 1.807) is 4.31 Å². The normalized spacial score (nSPS) is 20.3. The van der Waals surface area contributed by atoms with Crippen molar-refractivity contribution in [3.63, 3.8) is 0 Å². The summed E-state index contributed by atoms with van der Waals surface area (Å²) >= 11 is 0. The number of hydrogen-bond donors (Lipinski definition) is 0. The summed E-state index contributed by atoms with van der Waals surface area (Å²) in [5.41, 5.74) is 1.37. The Morgan fingerprint density at radius 3 is 2.26 bits per heavy atom. The van der Waals surface area contributed by atoms with Gasteiger partial charge in [-0.1, -0.05) is 44.2 Å². The van der Waals surface area contributed by atoms with E-state index in [9.17, 15) is 8.42 Å². The standard InChI is InChI=1S/C15H23NO2S/c1-15(2)9-11-16(12-10-15)19(17,18)13-8-14-6-4-3-5-7-14/h3-7H,8-13H2,1-2H3. The second-order valence-corrected chi connectivity index (χ2v) is 8.20. The molecule has 1 aromatic rings. The van der Waals surface area contributed by atoms with Crippen LogP contribution in [-0.4, -0.2) is 31.6 Å². The number of hydrogen-bond acceptors (Lipinski definition) is 2. The summed E-state index contributed by atoms with van der Waals surface area (Å²) in [5, 5.41) is 0. The lowest BCUT2D eigenvalue weighted by atomic mass is 9.83. The highest BCUT2D eigenvalue weighted by Crippen LogP contribution is 2.30. The first kappa shape index (κ1) is 14.5. The Morgan fingerprint density at radius 2 is 1.68 bits per heavy atom. The van der Waals surface area contributed by atoms with E-state index in [-0.39, 0.29) is 11.2 Å². The van der Waals surface area contributed by atoms with Crippen molar-refractivity contribution in [2.24, 2.45) is 5.41 Å². The summed E-state index contributed by atoms with van der Waals surface area (Å²) in [6, 6.07) is 9.81. The minimum absolute atomic E-state index is 0.220. The molecule has 0 saturated carbocycles. The van der Waals surface area contributed by atoms with Gasteiger partial charge in [-0.3, -0.25) is 0 Å². The second kappa shape index (κ2) is 5.63. The number of rotatable bonds is 4. The van der Waals surface area contributed by atoms with Crippen molar-refractivity contribution in [1.29, 1.82) is 0 Å². The number of sulfonamides is 1. The van der Waals surface area contributed by atoms with Crippen molar-refractivity contribution < 1.29 is 8.42 Å². The van der Waals surface area contributed by atoms with Crippen LogP contribution in [0.5, 0.6) is 0 Å². The average molecular weight is 281 g/mol. The molecule has 106 valence electrons. The number of benzene rings is 1. The molecule has 19 heavy (non-hydrogen) atoms. The Balaban J connectivity index is 1.92. The molecule has 0 unspecified atom stereocenters. The Kier molecular flexibility index (Phi) is 4.31. The molecule has 0 bridgehead atoms. The zero-order chi connectivity index (χ0) is 13.9. The van der Waals surface area contributed by atoms with Gasteiger partial charge in [-0.25, -0.2) is 12.7 Å². The summed E-state index contributed by atoms with van der Waals surface area (Å²) in [4.78, 5) is 0. The highest BCUT2D eigenvalue weighted by atomic mass is 32.2. The lowest BCUT2D eigenvalue weighted by molar-refractivity contribution is 0.196. The fraction of sp³-hybridized carbons (Fsp3) is 0.600. The van der Waals surface area contributed by atoms with Crippen LogP contribution in [0.2, 0.25) is 0 Å². The van der Waals surface area contributed by atoms with Gasteiger partial charge in [-0.2, -0.15) is 0 Å². The fourth-order valence-electron chi connectivity index (χ4n) is 2.39. The molecule has 0 spiro atoms. The van der Waals surface area contributed by atoms with Gasteiger partial charge < -0.3 is 0 Å². The predicted octanol–water partition coefficient (Wildman–Crippen LogP) is 2.68. The quantitative estimate of drug-likeness (QED) is 0.851. The summed E-state index contributed by atoms with van der Waals surface area (Å²) in [7, 11) is -3.10. The van der Waals surface area contributed by atoms with Crippen LogP contribution in [-0.2, 0) is 16.4 Å². The molecule has 1 saturated heterocycles. The second-order valence-electron chi connectivity index (χ2n) is 6.11. The maximum atomic E-state index is 12.3. The molecule has 1 heterocycles. The van der Waals surface area contributed by atoms with Gasteiger partial charge in [0.05, 0.1) is 5.75 Å². The van der Waals surface area contributed by atoms with Gasteiger partial charge in [0.1, 0.15) is 0 Å². The molecule has 0 amide bonds.